The Morgan fingerprint density at radius 2 is 2.00 bits per heavy atom. The molecule has 0 spiro atoms. The van der Waals surface area contributed by atoms with Gasteiger partial charge in [0.1, 0.15) is 0 Å². The summed E-state index contributed by atoms with van der Waals surface area (Å²) in [7, 11) is 0. The van der Waals surface area contributed by atoms with Crippen LogP contribution >= 0.6 is 34.8 Å². The SMILES string of the molecule is Cc1nc(NC(=O)c2cccc(CCl)c2)c(Cl)cc1Cl. The fraction of sp³-hybridized carbons (Fsp3) is 0.143. The van der Waals surface area contributed by atoms with Crippen molar-refractivity contribution >= 4 is 46.5 Å². The number of anilines is 1. The van der Waals surface area contributed by atoms with Gasteiger partial charge in [-0.15, -0.1) is 11.6 Å². The molecule has 6 heteroatoms. The van der Waals surface area contributed by atoms with E-state index in [-0.39, 0.29) is 11.7 Å². The number of nitrogens with one attached hydrogen (secondary N) is 1. The van der Waals surface area contributed by atoms with E-state index in [1.165, 1.54) is 0 Å². The summed E-state index contributed by atoms with van der Waals surface area (Å²) in [6, 6.07) is 8.59. The standard InChI is InChI=1S/C14H11Cl3N2O/c1-8-11(16)6-12(17)13(18-8)19-14(20)10-4-2-3-9(5-10)7-15/h2-6H,7H2,1H3,(H,18,19,20). The molecule has 1 N–H and O–H groups in total. The number of hydrogen-bond acceptors (Lipinski definition) is 2. The fourth-order valence-corrected chi connectivity index (χ4v) is 2.19. The van der Waals surface area contributed by atoms with Crippen molar-refractivity contribution in [3.63, 3.8) is 0 Å². The summed E-state index contributed by atoms with van der Waals surface area (Å²) >= 11 is 17.7. The highest BCUT2D eigenvalue weighted by Crippen LogP contribution is 2.26. The molecule has 1 heterocycles. The highest BCUT2D eigenvalue weighted by Gasteiger charge is 2.12. The molecule has 104 valence electrons. The van der Waals surface area contributed by atoms with Crippen molar-refractivity contribution in [1.29, 1.82) is 0 Å². The van der Waals surface area contributed by atoms with E-state index < -0.39 is 0 Å². The monoisotopic (exact) mass is 328 g/mol. The number of pyridine rings is 1. The average molecular weight is 330 g/mol. The van der Waals surface area contributed by atoms with Gasteiger partial charge in [-0.2, -0.15) is 0 Å². The molecule has 1 aromatic heterocycles. The van der Waals surface area contributed by atoms with Crippen molar-refractivity contribution < 1.29 is 4.79 Å². The van der Waals surface area contributed by atoms with Gasteiger partial charge in [0, 0.05) is 11.4 Å². The molecule has 0 atom stereocenters. The first-order chi connectivity index (χ1) is 9.51. The zero-order chi connectivity index (χ0) is 14.7. The number of carbonyl (C=O) groups is 1. The lowest BCUT2D eigenvalue weighted by atomic mass is 10.1. The second-order valence-corrected chi connectivity index (χ2v) is 5.26. The topological polar surface area (TPSA) is 42.0 Å². The van der Waals surface area contributed by atoms with Crippen LogP contribution in [0.3, 0.4) is 0 Å². The lowest BCUT2D eigenvalue weighted by molar-refractivity contribution is 0.102. The normalized spacial score (nSPS) is 10.4. The summed E-state index contributed by atoms with van der Waals surface area (Å²) in [4.78, 5) is 16.3. The number of carbonyl (C=O) groups excluding carboxylic acids is 1. The van der Waals surface area contributed by atoms with Gasteiger partial charge >= 0.3 is 0 Å². The first-order valence-corrected chi connectivity index (χ1v) is 7.09. The predicted octanol–water partition coefficient (Wildman–Crippen LogP) is 4.69. The van der Waals surface area contributed by atoms with Gasteiger partial charge in [0.15, 0.2) is 5.82 Å². The van der Waals surface area contributed by atoms with E-state index in [1.807, 2.05) is 6.07 Å². The minimum atomic E-state index is -0.298. The maximum Gasteiger partial charge on any atom is 0.256 e. The minimum Gasteiger partial charge on any atom is -0.305 e. The second kappa shape index (κ2) is 6.44. The van der Waals surface area contributed by atoms with Gasteiger partial charge in [0.2, 0.25) is 0 Å². The number of benzene rings is 1. The smallest absolute Gasteiger partial charge is 0.256 e. The molecule has 2 aromatic rings. The molecule has 0 saturated carbocycles. The molecule has 0 fully saturated rings. The maximum atomic E-state index is 12.1. The number of rotatable bonds is 3. The van der Waals surface area contributed by atoms with Crippen molar-refractivity contribution in [2.45, 2.75) is 12.8 Å². The quantitative estimate of drug-likeness (QED) is 0.830. The molecule has 20 heavy (non-hydrogen) atoms. The van der Waals surface area contributed by atoms with Gasteiger partial charge < -0.3 is 5.32 Å². The summed E-state index contributed by atoms with van der Waals surface area (Å²) in [5, 5.41) is 3.41. The van der Waals surface area contributed by atoms with E-state index in [4.69, 9.17) is 34.8 Å². The third kappa shape index (κ3) is 3.42. The zero-order valence-electron chi connectivity index (χ0n) is 10.6. The van der Waals surface area contributed by atoms with E-state index in [1.54, 1.807) is 31.2 Å². The largest absolute Gasteiger partial charge is 0.305 e. The average Bonchev–Trinajstić information content (AvgIpc) is 2.44. The van der Waals surface area contributed by atoms with Crippen LogP contribution in [0.5, 0.6) is 0 Å². The van der Waals surface area contributed by atoms with Gasteiger partial charge in [0.25, 0.3) is 5.91 Å². The molecule has 0 radical (unpaired) electrons. The Balaban J connectivity index is 2.25. The predicted molar refractivity (Wildman–Crippen MR) is 82.9 cm³/mol. The van der Waals surface area contributed by atoms with E-state index in [2.05, 4.69) is 10.3 Å². The van der Waals surface area contributed by atoms with E-state index in [0.29, 0.717) is 27.2 Å². The molecular weight excluding hydrogens is 319 g/mol. The third-order valence-electron chi connectivity index (χ3n) is 2.68. The summed E-state index contributed by atoms with van der Waals surface area (Å²) in [5.41, 5.74) is 1.96. The van der Waals surface area contributed by atoms with Crippen molar-refractivity contribution in [2.75, 3.05) is 5.32 Å². The molecule has 0 saturated heterocycles. The summed E-state index contributed by atoms with van der Waals surface area (Å²) < 4.78 is 0. The van der Waals surface area contributed by atoms with Crippen molar-refractivity contribution in [3.8, 4) is 0 Å². The summed E-state index contributed by atoms with van der Waals surface area (Å²) in [5.74, 6) is 0.336. The van der Waals surface area contributed by atoms with Crippen LogP contribution in [0.1, 0.15) is 21.6 Å². The lowest BCUT2D eigenvalue weighted by Gasteiger charge is -2.09. The van der Waals surface area contributed by atoms with Gasteiger partial charge in [-0.05, 0) is 30.7 Å². The Morgan fingerprint density at radius 1 is 1.25 bits per heavy atom. The van der Waals surface area contributed by atoms with E-state index in [9.17, 15) is 4.79 Å². The molecule has 0 bridgehead atoms. The van der Waals surface area contributed by atoms with Gasteiger partial charge in [-0.25, -0.2) is 4.98 Å². The lowest BCUT2D eigenvalue weighted by Crippen LogP contribution is -2.14. The second-order valence-electron chi connectivity index (χ2n) is 4.17. The zero-order valence-corrected chi connectivity index (χ0v) is 12.9. The van der Waals surface area contributed by atoms with Gasteiger partial charge in [-0.3, -0.25) is 4.79 Å². The molecule has 2 rings (SSSR count). The molecular formula is C14H11Cl3N2O. The van der Waals surface area contributed by atoms with E-state index in [0.717, 1.165) is 5.56 Å². The van der Waals surface area contributed by atoms with Crippen molar-refractivity contribution in [3.05, 3.63) is 57.2 Å². The Hall–Kier alpha value is -1.29. The molecule has 0 aliphatic rings. The van der Waals surface area contributed by atoms with Crippen LogP contribution in [0.4, 0.5) is 5.82 Å². The van der Waals surface area contributed by atoms with Crippen LogP contribution in [0.25, 0.3) is 0 Å². The van der Waals surface area contributed by atoms with Crippen LogP contribution in [0, 0.1) is 6.92 Å². The van der Waals surface area contributed by atoms with Crippen molar-refractivity contribution in [2.24, 2.45) is 0 Å². The van der Waals surface area contributed by atoms with Crippen molar-refractivity contribution in [1.82, 2.24) is 4.98 Å². The van der Waals surface area contributed by atoms with Crippen LogP contribution in [0.2, 0.25) is 10.0 Å². The number of amides is 1. The number of halogens is 3. The maximum absolute atomic E-state index is 12.1. The number of nitrogens with zero attached hydrogens (tertiary/aromatic N) is 1. The number of aromatic nitrogens is 1. The highest BCUT2D eigenvalue weighted by atomic mass is 35.5. The van der Waals surface area contributed by atoms with Gasteiger partial charge in [0.05, 0.1) is 15.7 Å². The summed E-state index contributed by atoms with van der Waals surface area (Å²) in [6.45, 7) is 1.74. The Kier molecular flexibility index (Phi) is 4.86. The van der Waals surface area contributed by atoms with Crippen LogP contribution < -0.4 is 5.32 Å². The molecule has 0 aliphatic heterocycles. The molecule has 1 aromatic carbocycles. The first kappa shape index (κ1) is 15.1. The molecule has 0 aliphatic carbocycles. The Morgan fingerprint density at radius 3 is 2.70 bits per heavy atom. The third-order valence-corrected chi connectivity index (χ3v) is 3.66. The summed E-state index contributed by atoms with van der Waals surface area (Å²) in [6.07, 6.45) is 0. The molecule has 1 amide bonds. The van der Waals surface area contributed by atoms with Crippen LogP contribution in [0.15, 0.2) is 30.3 Å². The number of hydrogen-bond donors (Lipinski definition) is 1. The fourth-order valence-electron chi connectivity index (χ4n) is 1.62. The Bertz CT molecular complexity index is 659. The molecule has 3 nitrogen and oxygen atoms in total. The first-order valence-electron chi connectivity index (χ1n) is 5.80. The number of alkyl halides is 1. The van der Waals surface area contributed by atoms with Crippen LogP contribution in [-0.4, -0.2) is 10.9 Å². The minimum absolute atomic E-state index is 0.287. The highest BCUT2D eigenvalue weighted by molar-refractivity contribution is 6.36. The Labute approximate surface area is 131 Å². The number of aryl methyl sites for hydroxylation is 1. The van der Waals surface area contributed by atoms with E-state index >= 15 is 0 Å². The van der Waals surface area contributed by atoms with Gasteiger partial charge in [-0.1, -0.05) is 35.3 Å². The molecule has 0 unspecified atom stereocenters. The van der Waals surface area contributed by atoms with Crippen LogP contribution in [-0.2, 0) is 5.88 Å².